The van der Waals surface area contributed by atoms with E-state index in [9.17, 15) is 12.8 Å². The topological polar surface area (TPSA) is 37.4 Å². The van der Waals surface area contributed by atoms with Crippen molar-refractivity contribution in [2.45, 2.75) is 61.1 Å². The van der Waals surface area contributed by atoms with Crippen LogP contribution in [-0.2, 0) is 9.84 Å². The first kappa shape index (κ1) is 20.5. The summed E-state index contributed by atoms with van der Waals surface area (Å²) in [5.74, 6) is 0.988. The summed E-state index contributed by atoms with van der Waals surface area (Å²) in [6.45, 7) is 5.71. The van der Waals surface area contributed by atoms with Gasteiger partial charge in [-0.15, -0.1) is 0 Å². The van der Waals surface area contributed by atoms with Crippen molar-refractivity contribution >= 4 is 9.84 Å². The van der Waals surface area contributed by atoms with Gasteiger partial charge in [0.1, 0.15) is 5.82 Å². The second-order valence-electron chi connectivity index (χ2n) is 9.24. The number of likely N-dealkylation sites (tertiary alicyclic amines) is 1. The Labute approximate surface area is 173 Å². The largest absolute Gasteiger partial charge is 0.299 e. The second-order valence-corrected chi connectivity index (χ2v) is 11.8. The van der Waals surface area contributed by atoms with E-state index in [-0.39, 0.29) is 5.82 Å². The van der Waals surface area contributed by atoms with Crippen LogP contribution in [-0.4, -0.2) is 37.2 Å². The van der Waals surface area contributed by atoms with E-state index in [0.717, 1.165) is 19.5 Å². The molecule has 1 heterocycles. The van der Waals surface area contributed by atoms with E-state index in [2.05, 4.69) is 4.90 Å². The standard InChI is InChI=1S/C24H30FNO2S/c1-24(2,29(27,28)21-7-4-3-5-8-21)13-6-14-26-17-18-15-22(23(26)16-18)19-9-11-20(25)12-10-19/h3-5,7-12,18,22-23H,6,13-17H2,1-2H3. The minimum Gasteiger partial charge on any atom is -0.299 e. The molecule has 2 aliphatic rings. The van der Waals surface area contributed by atoms with Gasteiger partial charge >= 0.3 is 0 Å². The van der Waals surface area contributed by atoms with E-state index in [1.165, 1.54) is 18.4 Å². The molecule has 1 saturated carbocycles. The van der Waals surface area contributed by atoms with Gasteiger partial charge in [-0.3, -0.25) is 4.90 Å². The van der Waals surface area contributed by atoms with Gasteiger partial charge in [-0.05, 0) is 87.7 Å². The summed E-state index contributed by atoms with van der Waals surface area (Å²) in [6.07, 6.45) is 3.88. The van der Waals surface area contributed by atoms with Crippen LogP contribution in [0.1, 0.15) is 51.0 Å². The molecular formula is C24H30FNO2S. The molecule has 0 amide bonds. The van der Waals surface area contributed by atoms with Crippen molar-refractivity contribution < 1.29 is 12.8 Å². The Bertz CT molecular complexity index is 941. The zero-order valence-corrected chi connectivity index (χ0v) is 18.0. The molecule has 5 heteroatoms. The van der Waals surface area contributed by atoms with Crippen molar-refractivity contribution in [1.29, 1.82) is 0 Å². The Morgan fingerprint density at radius 1 is 1.03 bits per heavy atom. The van der Waals surface area contributed by atoms with Gasteiger partial charge in [-0.1, -0.05) is 30.3 Å². The van der Waals surface area contributed by atoms with Crippen molar-refractivity contribution in [2.75, 3.05) is 13.1 Å². The maximum absolute atomic E-state index is 13.3. The van der Waals surface area contributed by atoms with E-state index < -0.39 is 14.6 Å². The van der Waals surface area contributed by atoms with Gasteiger partial charge in [0.2, 0.25) is 0 Å². The molecule has 3 atom stereocenters. The van der Waals surface area contributed by atoms with E-state index >= 15 is 0 Å². The summed E-state index contributed by atoms with van der Waals surface area (Å²) in [5.41, 5.74) is 1.23. The van der Waals surface area contributed by atoms with Gasteiger partial charge in [0.25, 0.3) is 0 Å². The van der Waals surface area contributed by atoms with Crippen LogP contribution in [0.15, 0.2) is 59.5 Å². The number of nitrogens with zero attached hydrogens (tertiary/aromatic N) is 1. The minimum absolute atomic E-state index is 0.185. The molecule has 3 nitrogen and oxygen atoms in total. The van der Waals surface area contributed by atoms with Crippen LogP contribution in [0.4, 0.5) is 4.39 Å². The van der Waals surface area contributed by atoms with Crippen LogP contribution >= 0.6 is 0 Å². The lowest BCUT2D eigenvalue weighted by Crippen LogP contribution is -2.39. The second kappa shape index (κ2) is 7.84. The zero-order valence-electron chi connectivity index (χ0n) is 17.2. The summed E-state index contributed by atoms with van der Waals surface area (Å²) in [4.78, 5) is 2.94. The van der Waals surface area contributed by atoms with Gasteiger partial charge in [0.05, 0.1) is 9.64 Å². The van der Waals surface area contributed by atoms with E-state index in [4.69, 9.17) is 0 Å². The van der Waals surface area contributed by atoms with Crippen LogP contribution in [0, 0.1) is 11.7 Å². The van der Waals surface area contributed by atoms with Crippen LogP contribution in [0.2, 0.25) is 0 Å². The molecule has 0 N–H and O–H groups in total. The molecule has 0 aromatic heterocycles. The normalized spacial score (nSPS) is 24.9. The highest BCUT2D eigenvalue weighted by Crippen LogP contribution is 2.47. The number of sulfone groups is 1. The van der Waals surface area contributed by atoms with Crippen LogP contribution in [0.25, 0.3) is 0 Å². The Kier molecular flexibility index (Phi) is 5.56. The first-order chi connectivity index (χ1) is 13.8. The number of hydrogen-bond donors (Lipinski definition) is 0. The highest BCUT2D eigenvalue weighted by atomic mass is 32.2. The zero-order chi connectivity index (χ0) is 20.6. The van der Waals surface area contributed by atoms with Crippen LogP contribution < -0.4 is 0 Å². The summed E-state index contributed by atoms with van der Waals surface area (Å²) < 4.78 is 38.5. The maximum Gasteiger partial charge on any atom is 0.183 e. The first-order valence-electron chi connectivity index (χ1n) is 10.6. The third kappa shape index (κ3) is 3.99. The molecular weight excluding hydrogens is 385 g/mol. The number of rotatable bonds is 7. The fraction of sp³-hybridized carbons (Fsp3) is 0.500. The molecule has 0 radical (unpaired) electrons. The third-order valence-corrected chi connectivity index (χ3v) is 9.44. The van der Waals surface area contributed by atoms with Crippen LogP contribution in [0.3, 0.4) is 0 Å². The molecule has 29 heavy (non-hydrogen) atoms. The lowest BCUT2D eigenvalue weighted by Gasteiger charge is -2.34. The predicted octanol–water partition coefficient (Wildman–Crippen LogP) is 5.04. The molecule has 2 fully saturated rings. The number of benzene rings is 2. The molecule has 3 unspecified atom stereocenters. The molecule has 2 aromatic carbocycles. The smallest absolute Gasteiger partial charge is 0.183 e. The average Bonchev–Trinajstić information content (AvgIpc) is 3.29. The summed E-state index contributed by atoms with van der Waals surface area (Å²) in [5, 5.41) is 0. The quantitative estimate of drug-likeness (QED) is 0.636. The predicted molar refractivity (Wildman–Crippen MR) is 114 cm³/mol. The van der Waals surface area contributed by atoms with Crippen molar-refractivity contribution in [1.82, 2.24) is 4.90 Å². The van der Waals surface area contributed by atoms with Crippen LogP contribution in [0.5, 0.6) is 0 Å². The molecule has 2 aromatic rings. The SMILES string of the molecule is CC(C)(CCCN1CC2CC(c3ccc(F)cc3)C1C2)S(=O)(=O)c1ccccc1. The van der Waals surface area contributed by atoms with Crippen molar-refractivity contribution in [2.24, 2.45) is 5.92 Å². The van der Waals surface area contributed by atoms with Gasteiger partial charge < -0.3 is 0 Å². The molecule has 156 valence electrons. The number of hydrogen-bond acceptors (Lipinski definition) is 3. The van der Waals surface area contributed by atoms with Crippen molar-refractivity contribution in [3.8, 4) is 0 Å². The number of fused-ring (bicyclic) bond motifs is 2. The van der Waals surface area contributed by atoms with E-state index in [0.29, 0.717) is 29.2 Å². The highest BCUT2D eigenvalue weighted by molar-refractivity contribution is 7.92. The minimum atomic E-state index is -3.36. The average molecular weight is 416 g/mol. The fourth-order valence-corrected chi connectivity index (χ4v) is 6.79. The Hall–Kier alpha value is -1.72. The third-order valence-electron chi connectivity index (χ3n) is 6.89. The number of piperidine rings is 1. The molecule has 1 aliphatic carbocycles. The lowest BCUT2D eigenvalue weighted by atomic mass is 9.90. The first-order valence-corrected chi connectivity index (χ1v) is 12.1. The van der Waals surface area contributed by atoms with Crippen molar-refractivity contribution in [3.05, 3.63) is 66.0 Å². The van der Waals surface area contributed by atoms with Gasteiger partial charge in [0.15, 0.2) is 9.84 Å². The summed E-state index contributed by atoms with van der Waals surface area (Å²) >= 11 is 0. The van der Waals surface area contributed by atoms with Crippen molar-refractivity contribution in [3.63, 3.8) is 0 Å². The monoisotopic (exact) mass is 415 g/mol. The van der Waals surface area contributed by atoms with Gasteiger partial charge in [-0.25, -0.2) is 12.8 Å². The summed E-state index contributed by atoms with van der Waals surface area (Å²) in [7, 11) is -3.36. The Balaban J connectivity index is 1.38. The molecule has 0 spiro atoms. The molecule has 4 rings (SSSR count). The summed E-state index contributed by atoms with van der Waals surface area (Å²) in [6, 6.07) is 16.2. The lowest BCUT2D eigenvalue weighted by molar-refractivity contribution is 0.187. The van der Waals surface area contributed by atoms with Gasteiger partial charge in [0, 0.05) is 12.6 Å². The molecule has 1 saturated heterocycles. The molecule has 2 bridgehead atoms. The molecule has 1 aliphatic heterocycles. The highest BCUT2D eigenvalue weighted by Gasteiger charge is 2.45. The Morgan fingerprint density at radius 2 is 1.72 bits per heavy atom. The number of halogens is 1. The Morgan fingerprint density at radius 3 is 2.38 bits per heavy atom. The maximum atomic E-state index is 13.3. The fourth-order valence-electron chi connectivity index (χ4n) is 5.22. The van der Waals surface area contributed by atoms with E-state index in [1.807, 2.05) is 32.0 Å². The van der Waals surface area contributed by atoms with Gasteiger partial charge in [-0.2, -0.15) is 0 Å². The van der Waals surface area contributed by atoms with E-state index in [1.54, 1.807) is 36.4 Å².